The first kappa shape index (κ1) is 14.9. The third kappa shape index (κ3) is 3.33. The Balaban J connectivity index is 1.40. The van der Waals surface area contributed by atoms with E-state index in [-0.39, 0.29) is 0 Å². The summed E-state index contributed by atoms with van der Waals surface area (Å²) in [5.41, 5.74) is 2.62. The highest BCUT2D eigenvalue weighted by Crippen LogP contribution is 2.30. The van der Waals surface area contributed by atoms with Gasteiger partial charge in [0.2, 0.25) is 0 Å². The highest BCUT2D eigenvalue weighted by Gasteiger charge is 2.30. The predicted octanol–water partition coefficient (Wildman–Crippen LogP) is 3.40. The second kappa shape index (κ2) is 6.85. The van der Waals surface area contributed by atoms with Gasteiger partial charge in [-0.3, -0.25) is 9.88 Å². The van der Waals surface area contributed by atoms with Gasteiger partial charge < -0.3 is 9.30 Å². The van der Waals surface area contributed by atoms with E-state index in [4.69, 9.17) is 4.74 Å². The van der Waals surface area contributed by atoms with Crippen LogP contribution >= 0.6 is 0 Å². The zero-order valence-corrected chi connectivity index (χ0v) is 13.6. The minimum Gasteiger partial charge on any atom is -0.375 e. The molecule has 2 aliphatic rings. The van der Waals surface area contributed by atoms with Crippen molar-refractivity contribution in [3.63, 3.8) is 0 Å². The van der Waals surface area contributed by atoms with Crippen LogP contribution in [0.25, 0.3) is 0 Å². The van der Waals surface area contributed by atoms with Crippen LogP contribution in [-0.4, -0.2) is 33.6 Å². The fourth-order valence-corrected chi connectivity index (χ4v) is 4.02. The Bertz CT molecular complexity index is 619. The molecule has 1 saturated carbocycles. The summed E-state index contributed by atoms with van der Waals surface area (Å²) in [6.07, 6.45) is 11.4. The molecule has 2 aromatic heterocycles. The summed E-state index contributed by atoms with van der Waals surface area (Å²) in [6.45, 7) is 3.65. The number of pyridine rings is 1. The van der Waals surface area contributed by atoms with Crippen LogP contribution in [0.3, 0.4) is 0 Å². The van der Waals surface area contributed by atoms with Crippen LogP contribution < -0.4 is 0 Å². The Morgan fingerprint density at radius 1 is 1.13 bits per heavy atom. The van der Waals surface area contributed by atoms with Gasteiger partial charge in [0.1, 0.15) is 0 Å². The molecule has 4 heteroatoms. The van der Waals surface area contributed by atoms with Crippen molar-refractivity contribution in [3.05, 3.63) is 54.1 Å². The molecule has 0 unspecified atom stereocenters. The monoisotopic (exact) mass is 311 g/mol. The number of nitrogens with zero attached hydrogens (tertiary/aromatic N) is 3. The number of ether oxygens (including phenoxy) is 1. The summed E-state index contributed by atoms with van der Waals surface area (Å²) in [5.74, 6) is 0. The Labute approximate surface area is 138 Å². The predicted molar refractivity (Wildman–Crippen MR) is 90.0 cm³/mol. The third-order valence-corrected chi connectivity index (χ3v) is 5.24. The van der Waals surface area contributed by atoms with Crippen LogP contribution in [0, 0.1) is 0 Å². The molecule has 0 aromatic carbocycles. The molecule has 0 spiro atoms. The molecule has 0 amide bonds. The lowest BCUT2D eigenvalue weighted by Gasteiger charge is -2.38. The summed E-state index contributed by atoms with van der Waals surface area (Å²) in [6, 6.07) is 9.68. The molecule has 4 nitrogen and oxygen atoms in total. The number of hydrogen-bond acceptors (Lipinski definition) is 3. The first-order valence-electron chi connectivity index (χ1n) is 8.76. The van der Waals surface area contributed by atoms with Gasteiger partial charge in [-0.1, -0.05) is 12.8 Å². The highest BCUT2D eigenvalue weighted by atomic mass is 16.5. The van der Waals surface area contributed by atoms with Gasteiger partial charge in [-0.25, -0.2) is 0 Å². The minimum atomic E-state index is 0.427. The van der Waals surface area contributed by atoms with Gasteiger partial charge in [0.15, 0.2) is 0 Å². The van der Waals surface area contributed by atoms with Crippen molar-refractivity contribution in [1.82, 2.24) is 14.5 Å². The van der Waals surface area contributed by atoms with Gasteiger partial charge in [-0.15, -0.1) is 0 Å². The van der Waals surface area contributed by atoms with Crippen molar-refractivity contribution >= 4 is 0 Å². The molecule has 0 bridgehead atoms. The molecule has 3 heterocycles. The molecule has 1 atom stereocenters. The lowest BCUT2D eigenvalue weighted by molar-refractivity contribution is 0.0484. The summed E-state index contributed by atoms with van der Waals surface area (Å²) < 4.78 is 8.44. The second-order valence-corrected chi connectivity index (χ2v) is 6.80. The number of hydrogen-bond donors (Lipinski definition) is 0. The van der Waals surface area contributed by atoms with Gasteiger partial charge in [0.05, 0.1) is 19.3 Å². The van der Waals surface area contributed by atoms with Crippen molar-refractivity contribution in [2.24, 2.45) is 0 Å². The van der Waals surface area contributed by atoms with E-state index in [2.05, 4.69) is 32.8 Å². The van der Waals surface area contributed by atoms with Crippen molar-refractivity contribution in [3.8, 4) is 0 Å². The fraction of sp³-hybridized carbons (Fsp3) is 0.526. The average Bonchev–Trinajstić information content (AvgIpc) is 3.27. The van der Waals surface area contributed by atoms with Crippen LogP contribution in [0.1, 0.15) is 43.0 Å². The van der Waals surface area contributed by atoms with Gasteiger partial charge >= 0.3 is 0 Å². The summed E-state index contributed by atoms with van der Waals surface area (Å²) in [7, 11) is 0. The Hall–Kier alpha value is -1.65. The normalized spacial score (nSPS) is 22.3. The van der Waals surface area contributed by atoms with E-state index in [0.717, 1.165) is 25.7 Å². The highest BCUT2D eigenvalue weighted by molar-refractivity contribution is 5.12. The molecular weight excluding hydrogens is 286 g/mol. The summed E-state index contributed by atoms with van der Waals surface area (Å²) in [4.78, 5) is 6.74. The first-order chi connectivity index (χ1) is 11.4. The summed E-state index contributed by atoms with van der Waals surface area (Å²) >= 11 is 0. The lowest BCUT2D eigenvalue weighted by Crippen LogP contribution is -2.43. The topological polar surface area (TPSA) is 30.3 Å². The van der Waals surface area contributed by atoms with E-state index in [1.165, 1.54) is 36.9 Å². The van der Waals surface area contributed by atoms with Crippen molar-refractivity contribution in [2.75, 3.05) is 13.2 Å². The molecule has 1 aliphatic heterocycles. The molecule has 0 radical (unpaired) electrons. The van der Waals surface area contributed by atoms with Crippen LogP contribution in [0.4, 0.5) is 0 Å². The van der Waals surface area contributed by atoms with E-state index >= 15 is 0 Å². The maximum Gasteiger partial charge on any atom is 0.0719 e. The van der Waals surface area contributed by atoms with Crippen LogP contribution in [0.2, 0.25) is 0 Å². The van der Waals surface area contributed by atoms with Gasteiger partial charge in [-0.2, -0.15) is 0 Å². The van der Waals surface area contributed by atoms with Crippen molar-refractivity contribution in [2.45, 2.75) is 50.9 Å². The average molecular weight is 311 g/mol. The van der Waals surface area contributed by atoms with Crippen LogP contribution in [0.5, 0.6) is 0 Å². The molecule has 1 aliphatic carbocycles. The molecule has 0 saturated heterocycles. The number of rotatable bonds is 5. The van der Waals surface area contributed by atoms with E-state index in [1.807, 2.05) is 24.5 Å². The molecule has 23 heavy (non-hydrogen) atoms. The number of fused-ring (bicyclic) bond motifs is 1. The van der Waals surface area contributed by atoms with Gasteiger partial charge in [0, 0.05) is 43.4 Å². The van der Waals surface area contributed by atoms with E-state index in [0.29, 0.717) is 12.6 Å². The van der Waals surface area contributed by atoms with E-state index < -0.39 is 0 Å². The molecule has 122 valence electrons. The molecule has 0 N–H and O–H groups in total. The largest absolute Gasteiger partial charge is 0.375 e. The number of aromatic nitrogens is 2. The lowest BCUT2D eigenvalue weighted by atomic mass is 10.1. The summed E-state index contributed by atoms with van der Waals surface area (Å²) in [5, 5.41) is 0. The van der Waals surface area contributed by atoms with Gasteiger partial charge in [0.25, 0.3) is 0 Å². The maximum atomic E-state index is 6.02. The standard InChI is InChI=1S/C19H25N3O/c1-2-5-17(4-1)21-12-18-6-3-11-22(18)19(13-21)15-23-14-16-7-9-20-10-8-16/h3,6-11,17,19H,1-2,4-5,12-15H2/t19-/m0/s1. The zero-order chi connectivity index (χ0) is 15.5. The van der Waals surface area contributed by atoms with Crippen molar-refractivity contribution < 1.29 is 4.74 Å². The molecule has 2 aromatic rings. The van der Waals surface area contributed by atoms with E-state index in [9.17, 15) is 0 Å². The van der Waals surface area contributed by atoms with E-state index in [1.54, 1.807) is 0 Å². The third-order valence-electron chi connectivity index (χ3n) is 5.24. The zero-order valence-electron chi connectivity index (χ0n) is 13.6. The minimum absolute atomic E-state index is 0.427. The Morgan fingerprint density at radius 3 is 2.78 bits per heavy atom. The van der Waals surface area contributed by atoms with Crippen molar-refractivity contribution in [1.29, 1.82) is 0 Å². The quantitative estimate of drug-likeness (QED) is 0.848. The van der Waals surface area contributed by atoms with Gasteiger partial charge in [-0.05, 0) is 42.7 Å². The second-order valence-electron chi connectivity index (χ2n) is 6.80. The Morgan fingerprint density at radius 2 is 1.96 bits per heavy atom. The SMILES string of the molecule is c1cc2n(c1)[C@H](COCc1ccncc1)CN(C1CCCC1)C2. The maximum absolute atomic E-state index is 6.02. The smallest absolute Gasteiger partial charge is 0.0719 e. The Kier molecular flexibility index (Phi) is 4.44. The van der Waals surface area contributed by atoms with Crippen LogP contribution in [-0.2, 0) is 17.9 Å². The molecular formula is C19H25N3O. The first-order valence-corrected chi connectivity index (χ1v) is 8.76. The molecule has 1 fully saturated rings. The fourth-order valence-electron chi connectivity index (χ4n) is 4.02. The van der Waals surface area contributed by atoms with Crippen LogP contribution in [0.15, 0.2) is 42.9 Å². The molecule has 4 rings (SSSR count).